The van der Waals surface area contributed by atoms with E-state index in [0.717, 1.165) is 0 Å². The molecule has 0 aliphatic heterocycles. The lowest BCUT2D eigenvalue weighted by Gasteiger charge is -2.33. The van der Waals surface area contributed by atoms with Gasteiger partial charge in [-0.1, -0.05) is 30.2 Å². The van der Waals surface area contributed by atoms with Gasteiger partial charge in [0, 0.05) is 17.6 Å². The van der Waals surface area contributed by atoms with E-state index in [4.69, 9.17) is 4.74 Å². The highest BCUT2D eigenvalue weighted by molar-refractivity contribution is 7.92. The predicted octanol–water partition coefficient (Wildman–Crippen LogP) is 4.02. The summed E-state index contributed by atoms with van der Waals surface area (Å²) in [5.41, 5.74) is 0.358. The second kappa shape index (κ2) is 10.3. The van der Waals surface area contributed by atoms with Gasteiger partial charge in [0.25, 0.3) is 0 Å². The van der Waals surface area contributed by atoms with E-state index < -0.39 is 33.0 Å². The maximum atomic E-state index is 12.6. The number of ketones is 1. The van der Waals surface area contributed by atoms with Gasteiger partial charge in [-0.25, -0.2) is 13.2 Å². The number of sulfone groups is 1. The van der Waals surface area contributed by atoms with E-state index in [1.807, 2.05) is 0 Å². The molecule has 32 heavy (non-hydrogen) atoms. The third kappa shape index (κ3) is 6.86. The van der Waals surface area contributed by atoms with Crippen LogP contribution >= 0.6 is 0 Å². The Hall–Kier alpha value is -3.31. The molecule has 2 aromatic rings. The number of nitrogens with zero attached hydrogens (tertiary/aromatic N) is 1. The fourth-order valence-corrected chi connectivity index (χ4v) is 4.07. The van der Waals surface area contributed by atoms with Gasteiger partial charge in [0.1, 0.15) is 18.1 Å². The summed E-state index contributed by atoms with van der Waals surface area (Å²) in [7, 11) is -3.83. The summed E-state index contributed by atoms with van der Waals surface area (Å²) in [4.78, 5) is 25.4. The van der Waals surface area contributed by atoms with E-state index in [-0.39, 0.29) is 23.6 Å². The van der Waals surface area contributed by atoms with Gasteiger partial charge in [0.15, 0.2) is 15.6 Å². The van der Waals surface area contributed by atoms with E-state index in [2.05, 4.69) is 11.8 Å². The zero-order chi connectivity index (χ0) is 23.9. The Labute approximate surface area is 188 Å². The summed E-state index contributed by atoms with van der Waals surface area (Å²) in [5.74, 6) is 4.72. The lowest BCUT2D eigenvalue weighted by molar-refractivity contribution is 0.0952. The Morgan fingerprint density at radius 2 is 1.62 bits per heavy atom. The van der Waals surface area contributed by atoms with Crippen molar-refractivity contribution in [3.05, 3.63) is 59.7 Å². The molecular formula is C24H27NO6S. The number of amides is 1. The van der Waals surface area contributed by atoms with Gasteiger partial charge >= 0.3 is 6.09 Å². The lowest BCUT2D eigenvalue weighted by Crippen LogP contribution is -2.44. The van der Waals surface area contributed by atoms with E-state index >= 15 is 0 Å². The van der Waals surface area contributed by atoms with Crippen molar-refractivity contribution in [3.8, 4) is 17.6 Å². The van der Waals surface area contributed by atoms with Crippen LogP contribution in [0.2, 0.25) is 0 Å². The smallest absolute Gasteiger partial charge is 0.408 e. The quantitative estimate of drug-likeness (QED) is 0.475. The number of rotatable bonds is 8. The van der Waals surface area contributed by atoms with Gasteiger partial charge in [0.2, 0.25) is 0 Å². The van der Waals surface area contributed by atoms with Crippen LogP contribution in [0.4, 0.5) is 4.79 Å². The molecule has 0 spiro atoms. The maximum Gasteiger partial charge on any atom is 0.408 e. The molecule has 0 fully saturated rings. The molecule has 0 saturated carbocycles. The van der Waals surface area contributed by atoms with Crippen molar-refractivity contribution in [3.63, 3.8) is 0 Å². The van der Waals surface area contributed by atoms with Crippen molar-refractivity contribution < 1.29 is 27.9 Å². The molecule has 0 radical (unpaired) electrons. The molecule has 0 bridgehead atoms. The van der Waals surface area contributed by atoms with E-state index in [9.17, 15) is 23.1 Å². The SMILES string of the molecule is CC#CCOc1ccc(S(=O)(=O)CC(=O)c2ccc(CN(C(=O)O)C(C)(C)C)cc2)cc1. The van der Waals surface area contributed by atoms with Gasteiger partial charge in [-0.3, -0.25) is 9.69 Å². The van der Waals surface area contributed by atoms with Gasteiger partial charge in [-0.05, 0) is 57.5 Å². The first-order valence-corrected chi connectivity index (χ1v) is 11.6. The van der Waals surface area contributed by atoms with Crippen LogP contribution < -0.4 is 4.74 Å². The number of hydrogen-bond acceptors (Lipinski definition) is 5. The zero-order valence-electron chi connectivity index (χ0n) is 18.6. The molecule has 0 aromatic heterocycles. The average molecular weight is 458 g/mol. The summed E-state index contributed by atoms with van der Waals surface area (Å²) in [5, 5.41) is 9.41. The molecule has 0 aliphatic carbocycles. The van der Waals surface area contributed by atoms with Crippen LogP contribution in [-0.2, 0) is 16.4 Å². The predicted molar refractivity (Wildman–Crippen MR) is 122 cm³/mol. The minimum atomic E-state index is -3.83. The highest BCUT2D eigenvalue weighted by atomic mass is 32.2. The van der Waals surface area contributed by atoms with Crippen LogP contribution in [0.3, 0.4) is 0 Å². The molecule has 0 saturated heterocycles. The molecule has 8 heteroatoms. The van der Waals surface area contributed by atoms with Crippen LogP contribution in [0.15, 0.2) is 53.4 Å². The van der Waals surface area contributed by atoms with Gasteiger partial charge in [-0.15, -0.1) is 5.92 Å². The van der Waals surface area contributed by atoms with Crippen molar-refractivity contribution in [2.75, 3.05) is 12.4 Å². The molecule has 2 rings (SSSR count). The first kappa shape index (κ1) is 25.0. The van der Waals surface area contributed by atoms with Crippen LogP contribution in [0, 0.1) is 11.8 Å². The molecular weight excluding hydrogens is 430 g/mol. The van der Waals surface area contributed by atoms with Crippen molar-refractivity contribution in [2.45, 2.75) is 44.7 Å². The first-order chi connectivity index (χ1) is 14.9. The maximum absolute atomic E-state index is 12.6. The van der Waals surface area contributed by atoms with Crippen molar-refractivity contribution >= 4 is 21.7 Å². The number of carbonyl (C=O) groups is 2. The molecule has 170 valence electrons. The van der Waals surface area contributed by atoms with E-state index in [1.165, 1.54) is 41.3 Å². The molecule has 1 amide bonds. The molecule has 0 aliphatic rings. The Kier molecular flexibility index (Phi) is 8.06. The topological polar surface area (TPSA) is 101 Å². The summed E-state index contributed by atoms with van der Waals surface area (Å²) >= 11 is 0. The zero-order valence-corrected chi connectivity index (χ0v) is 19.4. The highest BCUT2D eigenvalue weighted by Gasteiger charge is 2.26. The largest absolute Gasteiger partial charge is 0.481 e. The molecule has 2 aromatic carbocycles. The summed E-state index contributed by atoms with van der Waals surface area (Å²) in [6.07, 6.45) is -1.04. The number of carboxylic acid groups (broad SMARTS) is 1. The minimum Gasteiger partial charge on any atom is -0.481 e. The van der Waals surface area contributed by atoms with Crippen LogP contribution in [0.25, 0.3) is 0 Å². The number of carbonyl (C=O) groups excluding carboxylic acids is 1. The number of benzene rings is 2. The Balaban J connectivity index is 2.08. The fraction of sp³-hybridized carbons (Fsp3) is 0.333. The van der Waals surface area contributed by atoms with Crippen LogP contribution in [0.1, 0.15) is 43.6 Å². The number of Topliss-reactive ketones (excluding diaryl/α,β-unsaturated/α-hetero) is 1. The fourth-order valence-electron chi connectivity index (χ4n) is 2.84. The first-order valence-electron chi connectivity index (χ1n) is 9.92. The van der Waals surface area contributed by atoms with Crippen molar-refractivity contribution in [1.29, 1.82) is 0 Å². The van der Waals surface area contributed by atoms with Crippen LogP contribution in [0.5, 0.6) is 5.75 Å². The summed E-state index contributed by atoms with van der Waals surface area (Å²) < 4.78 is 30.6. The lowest BCUT2D eigenvalue weighted by atomic mass is 10.0. The molecule has 7 nitrogen and oxygen atoms in total. The summed E-state index contributed by atoms with van der Waals surface area (Å²) in [6.45, 7) is 7.44. The second-order valence-corrected chi connectivity index (χ2v) is 10.1. The van der Waals surface area contributed by atoms with Crippen LogP contribution in [-0.4, -0.2) is 48.2 Å². The Morgan fingerprint density at radius 1 is 1.03 bits per heavy atom. The molecule has 0 atom stereocenters. The van der Waals surface area contributed by atoms with Crippen molar-refractivity contribution in [2.24, 2.45) is 0 Å². The molecule has 0 heterocycles. The standard InChI is InChI=1S/C24H27NO6S/c1-5-6-15-31-20-11-13-21(14-12-20)32(29,30)17-22(26)19-9-7-18(8-10-19)16-25(23(27)28)24(2,3)4/h7-14H,15-17H2,1-4H3,(H,27,28). The average Bonchev–Trinajstić information content (AvgIpc) is 2.71. The Morgan fingerprint density at radius 3 is 2.12 bits per heavy atom. The molecule has 0 unspecified atom stereocenters. The third-order valence-corrected chi connectivity index (χ3v) is 6.28. The summed E-state index contributed by atoms with van der Waals surface area (Å²) in [6, 6.07) is 12.1. The van der Waals surface area contributed by atoms with Gasteiger partial charge < -0.3 is 9.84 Å². The molecule has 1 N–H and O–H groups in total. The minimum absolute atomic E-state index is 0.0265. The van der Waals surface area contributed by atoms with E-state index in [1.54, 1.807) is 39.8 Å². The monoisotopic (exact) mass is 457 g/mol. The number of hydrogen-bond donors (Lipinski definition) is 1. The second-order valence-electron chi connectivity index (χ2n) is 8.11. The normalized spacial score (nSPS) is 11.2. The van der Waals surface area contributed by atoms with Gasteiger partial charge in [-0.2, -0.15) is 0 Å². The third-order valence-electron chi connectivity index (χ3n) is 4.65. The van der Waals surface area contributed by atoms with Gasteiger partial charge in [0.05, 0.1) is 4.90 Å². The number of ether oxygens (including phenoxy) is 1. The Bertz CT molecular complexity index is 1120. The van der Waals surface area contributed by atoms with E-state index in [0.29, 0.717) is 11.3 Å². The highest BCUT2D eigenvalue weighted by Crippen LogP contribution is 2.20. The van der Waals surface area contributed by atoms with Crippen molar-refractivity contribution in [1.82, 2.24) is 4.90 Å².